The molecule has 1 fully saturated rings. The van der Waals surface area contributed by atoms with E-state index < -0.39 is 0 Å². The molecular formula is C23H37NO2. The summed E-state index contributed by atoms with van der Waals surface area (Å²) < 4.78 is 6.77. The topological polar surface area (TPSA) is 29.5 Å². The Balaban J connectivity index is 2.49. The van der Waals surface area contributed by atoms with Gasteiger partial charge in [-0.25, -0.2) is 0 Å². The zero-order chi connectivity index (χ0) is 19.2. The van der Waals surface area contributed by atoms with Crippen molar-refractivity contribution in [2.75, 3.05) is 0 Å². The highest BCUT2D eigenvalue weighted by Crippen LogP contribution is 2.45. The third-order valence-electron chi connectivity index (χ3n) is 5.84. The van der Waals surface area contributed by atoms with Gasteiger partial charge in [0.25, 0.3) is 5.91 Å². The van der Waals surface area contributed by atoms with E-state index in [2.05, 4.69) is 39.5 Å². The molecule has 1 aliphatic rings. The van der Waals surface area contributed by atoms with Gasteiger partial charge in [-0.2, -0.15) is 0 Å². The lowest BCUT2D eigenvalue weighted by atomic mass is 9.78. The Hall–Kier alpha value is -1.35. The molecule has 0 aliphatic carbocycles. The smallest absolute Gasteiger partial charge is 0.256 e. The number of benzene rings is 1. The number of rotatable bonds is 9. The second kappa shape index (κ2) is 9.55. The van der Waals surface area contributed by atoms with Crippen molar-refractivity contribution >= 4 is 5.91 Å². The van der Waals surface area contributed by atoms with Gasteiger partial charge in [0.15, 0.2) is 0 Å². The molecule has 0 N–H and O–H groups in total. The number of carbonyl (C=O) groups is 1. The van der Waals surface area contributed by atoms with Gasteiger partial charge in [0.05, 0.1) is 11.6 Å². The molecule has 1 aromatic rings. The fourth-order valence-corrected chi connectivity index (χ4v) is 4.66. The summed E-state index contributed by atoms with van der Waals surface area (Å²) in [6, 6.07) is 9.87. The molecule has 3 atom stereocenters. The second-order valence-electron chi connectivity index (χ2n) is 7.83. The molecule has 0 bridgehead atoms. The number of carbonyl (C=O) groups excluding carboxylic acids is 1. The SMILES string of the molecule is CCCC1OC(CCC)(CCC)[C@H](C(C)CC)N1C(=O)c1ccccc1. The molecular weight excluding hydrogens is 322 g/mol. The maximum atomic E-state index is 13.5. The maximum Gasteiger partial charge on any atom is 0.256 e. The predicted molar refractivity (Wildman–Crippen MR) is 108 cm³/mol. The number of amides is 1. The van der Waals surface area contributed by atoms with E-state index in [0.717, 1.165) is 50.5 Å². The van der Waals surface area contributed by atoms with Gasteiger partial charge in [0.2, 0.25) is 0 Å². The van der Waals surface area contributed by atoms with E-state index in [0.29, 0.717) is 5.92 Å². The summed E-state index contributed by atoms with van der Waals surface area (Å²) >= 11 is 0. The third-order valence-corrected chi connectivity index (χ3v) is 5.84. The van der Waals surface area contributed by atoms with Crippen LogP contribution in [-0.4, -0.2) is 28.7 Å². The molecule has 1 amide bonds. The van der Waals surface area contributed by atoms with Crippen LogP contribution in [0.25, 0.3) is 0 Å². The van der Waals surface area contributed by atoms with E-state index >= 15 is 0 Å². The summed E-state index contributed by atoms with van der Waals surface area (Å²) in [7, 11) is 0. The van der Waals surface area contributed by atoms with Gasteiger partial charge in [0, 0.05) is 5.56 Å². The number of hydrogen-bond donors (Lipinski definition) is 0. The van der Waals surface area contributed by atoms with E-state index in [1.54, 1.807) is 0 Å². The summed E-state index contributed by atoms with van der Waals surface area (Å²) in [6.45, 7) is 11.1. The van der Waals surface area contributed by atoms with Crippen molar-refractivity contribution in [3.05, 3.63) is 35.9 Å². The predicted octanol–water partition coefficient (Wildman–Crippen LogP) is 6.04. The molecule has 1 saturated heterocycles. The van der Waals surface area contributed by atoms with Crippen LogP contribution < -0.4 is 0 Å². The summed E-state index contributed by atoms with van der Waals surface area (Å²) in [6.07, 6.45) is 7.08. The average molecular weight is 360 g/mol. The monoisotopic (exact) mass is 359 g/mol. The minimum Gasteiger partial charge on any atom is -0.350 e. The zero-order valence-corrected chi connectivity index (χ0v) is 17.3. The Kier molecular flexibility index (Phi) is 7.69. The van der Waals surface area contributed by atoms with Crippen molar-refractivity contribution in [3.63, 3.8) is 0 Å². The summed E-state index contributed by atoms with van der Waals surface area (Å²) in [5.74, 6) is 0.547. The van der Waals surface area contributed by atoms with Crippen LogP contribution >= 0.6 is 0 Å². The highest BCUT2D eigenvalue weighted by molar-refractivity contribution is 5.94. The molecule has 26 heavy (non-hydrogen) atoms. The largest absolute Gasteiger partial charge is 0.350 e. The Labute approximate surface area is 160 Å². The van der Waals surface area contributed by atoms with E-state index in [9.17, 15) is 4.79 Å². The first kappa shape index (κ1) is 21.0. The highest BCUT2D eigenvalue weighted by Gasteiger charge is 2.55. The van der Waals surface area contributed by atoms with E-state index in [1.165, 1.54) is 0 Å². The highest BCUT2D eigenvalue weighted by atomic mass is 16.5. The molecule has 2 rings (SSSR count). The molecule has 1 aliphatic heterocycles. The van der Waals surface area contributed by atoms with Crippen LogP contribution in [-0.2, 0) is 4.74 Å². The Morgan fingerprint density at radius 3 is 2.19 bits per heavy atom. The normalized spacial score (nSPS) is 23.2. The first-order valence-electron chi connectivity index (χ1n) is 10.6. The molecule has 3 nitrogen and oxygen atoms in total. The third kappa shape index (κ3) is 4.14. The first-order valence-corrected chi connectivity index (χ1v) is 10.6. The van der Waals surface area contributed by atoms with Crippen molar-refractivity contribution in [1.82, 2.24) is 4.90 Å². The molecule has 0 aromatic heterocycles. The molecule has 2 unspecified atom stereocenters. The lowest BCUT2D eigenvalue weighted by Crippen LogP contribution is -2.51. The molecule has 0 radical (unpaired) electrons. The fraction of sp³-hybridized carbons (Fsp3) is 0.696. The van der Waals surface area contributed by atoms with Crippen molar-refractivity contribution in [3.8, 4) is 0 Å². The van der Waals surface area contributed by atoms with Crippen molar-refractivity contribution in [2.24, 2.45) is 5.92 Å². The van der Waals surface area contributed by atoms with Crippen molar-refractivity contribution in [2.45, 2.75) is 97.4 Å². The number of ether oxygens (including phenoxy) is 1. The molecule has 1 aromatic carbocycles. The second-order valence-corrected chi connectivity index (χ2v) is 7.83. The van der Waals surface area contributed by atoms with Gasteiger partial charge in [-0.05, 0) is 37.3 Å². The molecule has 1 heterocycles. The molecule has 0 saturated carbocycles. The Bertz CT molecular complexity index is 551. The lowest BCUT2D eigenvalue weighted by molar-refractivity contribution is -0.0727. The van der Waals surface area contributed by atoms with Crippen LogP contribution in [0.3, 0.4) is 0 Å². The molecule has 146 valence electrons. The van der Waals surface area contributed by atoms with Crippen LogP contribution in [0.15, 0.2) is 30.3 Å². The average Bonchev–Trinajstić information content (AvgIpc) is 2.95. The zero-order valence-electron chi connectivity index (χ0n) is 17.3. The van der Waals surface area contributed by atoms with Gasteiger partial charge >= 0.3 is 0 Å². The minimum atomic E-state index is -0.205. The van der Waals surface area contributed by atoms with Gasteiger partial charge in [-0.15, -0.1) is 0 Å². The number of nitrogens with zero attached hydrogens (tertiary/aromatic N) is 1. The quantitative estimate of drug-likeness (QED) is 0.538. The van der Waals surface area contributed by atoms with Crippen molar-refractivity contribution in [1.29, 1.82) is 0 Å². The maximum absolute atomic E-state index is 13.5. The minimum absolute atomic E-state index is 0.107. The summed E-state index contributed by atoms with van der Waals surface area (Å²) in [5, 5.41) is 0. The van der Waals surface area contributed by atoms with E-state index in [-0.39, 0.29) is 23.8 Å². The Morgan fingerprint density at radius 2 is 1.69 bits per heavy atom. The van der Waals surface area contributed by atoms with Crippen LogP contribution in [0.1, 0.15) is 89.9 Å². The first-order chi connectivity index (χ1) is 12.5. The Morgan fingerprint density at radius 1 is 1.08 bits per heavy atom. The van der Waals surface area contributed by atoms with Crippen LogP contribution in [0.5, 0.6) is 0 Å². The summed E-state index contributed by atoms with van der Waals surface area (Å²) in [4.78, 5) is 15.6. The van der Waals surface area contributed by atoms with E-state index in [4.69, 9.17) is 4.74 Å². The van der Waals surface area contributed by atoms with Crippen molar-refractivity contribution < 1.29 is 9.53 Å². The van der Waals surface area contributed by atoms with E-state index in [1.807, 2.05) is 30.3 Å². The van der Waals surface area contributed by atoms with Gasteiger partial charge in [-0.1, -0.05) is 78.5 Å². The molecule has 0 spiro atoms. The van der Waals surface area contributed by atoms with Gasteiger partial charge < -0.3 is 9.64 Å². The fourth-order valence-electron chi connectivity index (χ4n) is 4.66. The molecule has 3 heteroatoms. The van der Waals surface area contributed by atoms with Gasteiger partial charge in [0.1, 0.15) is 6.23 Å². The number of hydrogen-bond acceptors (Lipinski definition) is 2. The van der Waals surface area contributed by atoms with Crippen LogP contribution in [0.4, 0.5) is 0 Å². The van der Waals surface area contributed by atoms with Crippen LogP contribution in [0, 0.1) is 5.92 Å². The van der Waals surface area contributed by atoms with Gasteiger partial charge in [-0.3, -0.25) is 4.79 Å². The standard InChI is InChI=1S/C23H37NO2/c1-6-13-20-24(22(25)19-14-11-10-12-15-19)21(18(5)9-4)23(26-20,16-7-2)17-8-3/h10-12,14-15,18,20-21H,6-9,13,16-17H2,1-5H3/t18?,20?,21-/m0/s1. The lowest BCUT2D eigenvalue weighted by Gasteiger charge is -2.39. The van der Waals surface area contributed by atoms with Crippen LogP contribution in [0.2, 0.25) is 0 Å². The summed E-state index contributed by atoms with van der Waals surface area (Å²) in [5.41, 5.74) is 0.567.